The van der Waals surface area contributed by atoms with Gasteiger partial charge in [0.2, 0.25) is 0 Å². The minimum absolute atomic E-state index is 0.141. The van der Waals surface area contributed by atoms with Crippen LogP contribution in [0, 0.1) is 11.7 Å². The van der Waals surface area contributed by atoms with E-state index in [2.05, 4.69) is 10.2 Å². The first-order valence-electron chi connectivity index (χ1n) is 7.61. The molecule has 2 aliphatic heterocycles. The zero-order valence-corrected chi connectivity index (χ0v) is 11.9. The molecule has 0 bridgehead atoms. The number of hydrogen-bond donors (Lipinski definition) is 1. The number of nitrogens with one attached hydrogen (secondary N) is 1. The molecule has 2 fully saturated rings. The summed E-state index contributed by atoms with van der Waals surface area (Å²) in [6, 6.07) is 7.32. The lowest BCUT2D eigenvalue weighted by Crippen LogP contribution is -2.46. The summed E-state index contributed by atoms with van der Waals surface area (Å²) in [7, 11) is 0. The maximum atomic E-state index is 13.4. The van der Waals surface area contributed by atoms with Gasteiger partial charge in [0.25, 0.3) is 0 Å². The van der Waals surface area contributed by atoms with Crippen LogP contribution in [-0.2, 0) is 4.74 Å². The molecule has 2 atom stereocenters. The van der Waals surface area contributed by atoms with Gasteiger partial charge in [-0.3, -0.25) is 4.90 Å². The quantitative estimate of drug-likeness (QED) is 0.914. The van der Waals surface area contributed by atoms with Crippen molar-refractivity contribution in [2.24, 2.45) is 5.92 Å². The van der Waals surface area contributed by atoms with E-state index < -0.39 is 0 Å². The Bertz CT molecular complexity index is 434. The van der Waals surface area contributed by atoms with Crippen molar-refractivity contribution < 1.29 is 9.13 Å². The fourth-order valence-corrected chi connectivity index (χ4v) is 3.22. The molecule has 20 heavy (non-hydrogen) atoms. The Morgan fingerprint density at radius 1 is 1.40 bits per heavy atom. The van der Waals surface area contributed by atoms with E-state index in [0.717, 1.165) is 45.0 Å². The fraction of sp³-hybridized carbons (Fsp3) is 0.625. The summed E-state index contributed by atoms with van der Waals surface area (Å²) in [4.78, 5) is 2.49. The summed E-state index contributed by atoms with van der Waals surface area (Å²) in [5, 5.41) is 3.42. The summed E-state index contributed by atoms with van der Waals surface area (Å²) in [5.74, 6) is 0.565. The molecule has 2 heterocycles. The molecule has 3 nitrogen and oxygen atoms in total. The predicted octanol–water partition coefficient (Wildman–Crippen LogP) is 2.20. The molecule has 1 aromatic rings. The first-order valence-corrected chi connectivity index (χ1v) is 7.61. The van der Waals surface area contributed by atoms with Crippen LogP contribution in [0.2, 0.25) is 0 Å². The Hall–Kier alpha value is -0.970. The Kier molecular flexibility index (Phi) is 4.65. The van der Waals surface area contributed by atoms with Gasteiger partial charge in [0.1, 0.15) is 5.82 Å². The van der Waals surface area contributed by atoms with Crippen LogP contribution in [0.25, 0.3) is 0 Å². The highest BCUT2D eigenvalue weighted by atomic mass is 19.1. The largest absolute Gasteiger partial charge is 0.381 e. The van der Waals surface area contributed by atoms with Gasteiger partial charge in [-0.2, -0.15) is 0 Å². The van der Waals surface area contributed by atoms with Crippen molar-refractivity contribution in [1.82, 2.24) is 10.2 Å². The van der Waals surface area contributed by atoms with Crippen LogP contribution >= 0.6 is 0 Å². The van der Waals surface area contributed by atoms with E-state index in [1.165, 1.54) is 18.9 Å². The Balaban J connectivity index is 1.64. The van der Waals surface area contributed by atoms with Crippen molar-refractivity contribution in [2.75, 3.05) is 39.4 Å². The molecule has 1 N–H and O–H groups in total. The normalized spacial score (nSPS) is 27.9. The average molecular weight is 278 g/mol. The molecule has 0 aromatic heterocycles. The predicted molar refractivity (Wildman–Crippen MR) is 77.1 cm³/mol. The minimum Gasteiger partial charge on any atom is -0.381 e. The summed E-state index contributed by atoms with van der Waals surface area (Å²) in [5.41, 5.74) is 1.08. The second-order valence-electron chi connectivity index (χ2n) is 5.83. The monoisotopic (exact) mass is 278 g/mol. The highest BCUT2D eigenvalue weighted by Gasteiger charge is 2.25. The van der Waals surface area contributed by atoms with Crippen LogP contribution in [0.1, 0.15) is 24.4 Å². The van der Waals surface area contributed by atoms with Gasteiger partial charge < -0.3 is 10.1 Å². The van der Waals surface area contributed by atoms with Gasteiger partial charge in [-0.1, -0.05) is 12.1 Å². The van der Waals surface area contributed by atoms with Crippen LogP contribution < -0.4 is 5.32 Å². The lowest BCUT2D eigenvalue weighted by molar-refractivity contribution is 0.143. The van der Waals surface area contributed by atoms with E-state index in [1.54, 1.807) is 6.07 Å². The van der Waals surface area contributed by atoms with Crippen molar-refractivity contribution >= 4 is 0 Å². The summed E-state index contributed by atoms with van der Waals surface area (Å²) in [6.07, 6.45) is 2.38. The molecule has 2 aliphatic rings. The Morgan fingerprint density at radius 2 is 2.35 bits per heavy atom. The lowest BCUT2D eigenvalue weighted by Gasteiger charge is -2.37. The molecule has 3 rings (SSSR count). The molecule has 1 aromatic carbocycles. The molecule has 4 heteroatoms. The van der Waals surface area contributed by atoms with Crippen LogP contribution in [0.15, 0.2) is 24.3 Å². The first kappa shape index (κ1) is 14.0. The standard InChI is InChI=1S/C16H23FN2O/c17-15-3-1-2-14(10-15)16-11-18-6-8-19(16)7-4-13-5-9-20-12-13/h1-3,10,13,16,18H,4-9,11-12H2. The highest BCUT2D eigenvalue weighted by Crippen LogP contribution is 2.25. The molecule has 110 valence electrons. The van der Waals surface area contributed by atoms with E-state index in [4.69, 9.17) is 4.74 Å². The van der Waals surface area contributed by atoms with Crippen molar-refractivity contribution in [3.8, 4) is 0 Å². The van der Waals surface area contributed by atoms with Crippen LogP contribution in [0.4, 0.5) is 4.39 Å². The van der Waals surface area contributed by atoms with Crippen molar-refractivity contribution in [3.05, 3.63) is 35.6 Å². The number of hydrogen-bond acceptors (Lipinski definition) is 3. The average Bonchev–Trinajstić information content (AvgIpc) is 2.99. The zero-order chi connectivity index (χ0) is 13.8. The number of rotatable bonds is 4. The van der Waals surface area contributed by atoms with Gasteiger partial charge in [-0.25, -0.2) is 4.39 Å². The van der Waals surface area contributed by atoms with Crippen molar-refractivity contribution in [2.45, 2.75) is 18.9 Å². The second kappa shape index (κ2) is 6.66. The third-order valence-corrected chi connectivity index (χ3v) is 4.44. The molecule has 0 aliphatic carbocycles. The first-order chi connectivity index (χ1) is 9.83. The zero-order valence-electron chi connectivity index (χ0n) is 11.9. The minimum atomic E-state index is -0.141. The van der Waals surface area contributed by atoms with E-state index in [1.807, 2.05) is 12.1 Å². The van der Waals surface area contributed by atoms with Crippen LogP contribution in [0.3, 0.4) is 0 Å². The topological polar surface area (TPSA) is 24.5 Å². The summed E-state index contributed by atoms with van der Waals surface area (Å²) in [6.45, 7) is 5.87. The third kappa shape index (κ3) is 3.37. The molecule has 0 amide bonds. The molecule has 2 saturated heterocycles. The number of ether oxygens (including phenoxy) is 1. The summed E-state index contributed by atoms with van der Waals surface area (Å²) >= 11 is 0. The number of nitrogens with zero attached hydrogens (tertiary/aromatic N) is 1. The van der Waals surface area contributed by atoms with Gasteiger partial charge >= 0.3 is 0 Å². The smallest absolute Gasteiger partial charge is 0.123 e. The SMILES string of the molecule is Fc1cccc(C2CNCCN2CCC2CCOC2)c1. The molecule has 0 saturated carbocycles. The van der Waals surface area contributed by atoms with E-state index in [9.17, 15) is 4.39 Å². The molecular weight excluding hydrogens is 255 g/mol. The fourth-order valence-electron chi connectivity index (χ4n) is 3.22. The number of benzene rings is 1. The number of halogens is 1. The van der Waals surface area contributed by atoms with E-state index >= 15 is 0 Å². The van der Waals surface area contributed by atoms with Gasteiger partial charge in [0.15, 0.2) is 0 Å². The summed E-state index contributed by atoms with van der Waals surface area (Å²) < 4.78 is 18.9. The second-order valence-corrected chi connectivity index (χ2v) is 5.83. The maximum absolute atomic E-state index is 13.4. The van der Waals surface area contributed by atoms with Gasteiger partial charge in [-0.05, 0) is 43.0 Å². The van der Waals surface area contributed by atoms with Gasteiger partial charge in [0, 0.05) is 38.9 Å². The lowest BCUT2D eigenvalue weighted by atomic mass is 10.0. The maximum Gasteiger partial charge on any atom is 0.123 e. The molecular formula is C16H23FN2O. The van der Waals surface area contributed by atoms with Crippen molar-refractivity contribution in [3.63, 3.8) is 0 Å². The van der Waals surface area contributed by atoms with Crippen LogP contribution in [0.5, 0.6) is 0 Å². The molecule has 2 unspecified atom stereocenters. The van der Waals surface area contributed by atoms with E-state index in [-0.39, 0.29) is 5.82 Å². The number of piperazine rings is 1. The van der Waals surface area contributed by atoms with Gasteiger partial charge in [0.05, 0.1) is 0 Å². The third-order valence-electron chi connectivity index (χ3n) is 4.44. The Morgan fingerprint density at radius 3 is 3.15 bits per heavy atom. The highest BCUT2D eigenvalue weighted by molar-refractivity contribution is 5.21. The Labute approximate surface area is 120 Å². The van der Waals surface area contributed by atoms with E-state index in [0.29, 0.717) is 12.0 Å². The van der Waals surface area contributed by atoms with Crippen molar-refractivity contribution in [1.29, 1.82) is 0 Å². The molecule has 0 spiro atoms. The van der Waals surface area contributed by atoms with Crippen LogP contribution in [-0.4, -0.2) is 44.3 Å². The molecule has 0 radical (unpaired) electrons. The van der Waals surface area contributed by atoms with Gasteiger partial charge in [-0.15, -0.1) is 0 Å².